The molecule has 2 aromatic carbocycles. The highest BCUT2D eigenvalue weighted by atomic mass is 79.9. The molecule has 0 saturated heterocycles. The predicted octanol–water partition coefficient (Wildman–Crippen LogP) is 5.33. The summed E-state index contributed by atoms with van der Waals surface area (Å²) in [5, 5.41) is 3.22. The van der Waals surface area contributed by atoms with E-state index in [2.05, 4.69) is 26.0 Å². The summed E-state index contributed by atoms with van der Waals surface area (Å²) in [4.78, 5) is 0. The zero-order valence-electron chi connectivity index (χ0n) is 10.3. The van der Waals surface area contributed by atoms with Gasteiger partial charge < -0.3 is 15.8 Å². The molecule has 2 rings (SSSR count). The van der Waals surface area contributed by atoms with Gasteiger partial charge in [-0.1, -0.05) is 27.5 Å². The van der Waals surface area contributed by atoms with E-state index in [1.165, 1.54) is 18.2 Å². The van der Waals surface area contributed by atoms with E-state index in [0.29, 0.717) is 20.9 Å². The molecule has 0 aliphatic heterocycles. The number of hydrogen-bond donors (Lipinski definition) is 2. The van der Waals surface area contributed by atoms with Crippen LogP contribution in [0, 0.1) is 0 Å². The first-order valence-electron chi connectivity index (χ1n) is 5.62. The molecule has 0 aromatic heterocycles. The molecule has 0 spiro atoms. The molecule has 0 aliphatic carbocycles. The molecule has 0 fully saturated rings. The number of benzene rings is 2. The molecule has 0 aliphatic rings. The molecule has 0 saturated carbocycles. The summed E-state index contributed by atoms with van der Waals surface area (Å²) in [5.41, 5.74) is 6.62. The van der Waals surface area contributed by atoms with Gasteiger partial charge in [0, 0.05) is 9.50 Å². The lowest BCUT2D eigenvalue weighted by Gasteiger charge is -2.16. The molecule has 0 heterocycles. The van der Waals surface area contributed by atoms with Gasteiger partial charge >= 0.3 is 6.36 Å². The van der Waals surface area contributed by atoms with Gasteiger partial charge in [0.15, 0.2) is 5.75 Å². The van der Waals surface area contributed by atoms with Gasteiger partial charge in [0.2, 0.25) is 0 Å². The largest absolute Gasteiger partial charge is 0.573 e. The number of nitrogens with one attached hydrogen (secondary N) is 1. The topological polar surface area (TPSA) is 47.3 Å². The van der Waals surface area contributed by atoms with Gasteiger partial charge in [-0.05, 0) is 36.4 Å². The van der Waals surface area contributed by atoms with E-state index < -0.39 is 6.36 Å². The molecule has 0 bridgehead atoms. The highest BCUT2D eigenvalue weighted by Gasteiger charge is 2.32. The lowest BCUT2D eigenvalue weighted by atomic mass is 10.2. The highest BCUT2D eigenvalue weighted by Crippen LogP contribution is 2.36. The lowest BCUT2D eigenvalue weighted by molar-refractivity contribution is -0.274. The lowest BCUT2D eigenvalue weighted by Crippen LogP contribution is -2.18. The van der Waals surface area contributed by atoms with Crippen LogP contribution in [0.2, 0.25) is 5.02 Å². The fourth-order valence-corrected chi connectivity index (χ4v) is 2.12. The van der Waals surface area contributed by atoms with Crippen molar-refractivity contribution in [1.82, 2.24) is 0 Å². The van der Waals surface area contributed by atoms with E-state index in [4.69, 9.17) is 17.3 Å². The molecule has 112 valence electrons. The maximum atomic E-state index is 12.4. The molecule has 0 radical (unpaired) electrons. The Labute approximate surface area is 132 Å². The van der Waals surface area contributed by atoms with Crippen molar-refractivity contribution in [3.05, 3.63) is 45.9 Å². The summed E-state index contributed by atoms with van der Waals surface area (Å²) in [5.74, 6) is -0.369. The fraction of sp³-hybridized carbons (Fsp3) is 0.0769. The normalized spacial score (nSPS) is 11.3. The third-order valence-electron chi connectivity index (χ3n) is 2.45. The second-order valence-electron chi connectivity index (χ2n) is 4.04. The number of nitrogens with two attached hydrogens (primary N) is 1. The first kappa shape index (κ1) is 15.8. The third kappa shape index (κ3) is 4.44. The minimum Gasteiger partial charge on any atom is -0.404 e. The Morgan fingerprint density at radius 1 is 1.10 bits per heavy atom. The Morgan fingerprint density at radius 3 is 2.38 bits per heavy atom. The fourth-order valence-electron chi connectivity index (χ4n) is 1.60. The smallest absolute Gasteiger partial charge is 0.404 e. The molecule has 21 heavy (non-hydrogen) atoms. The summed E-state index contributed by atoms with van der Waals surface area (Å²) in [6.07, 6.45) is -4.79. The standard InChI is InChI=1S/C13H9BrClF3N2O/c14-7-1-3-11(12(5-7)21-13(16,17)18)20-10-4-2-8(15)6-9(10)19/h1-6,20H,19H2. The van der Waals surface area contributed by atoms with Crippen molar-refractivity contribution in [2.75, 3.05) is 11.1 Å². The quantitative estimate of drug-likeness (QED) is 0.707. The van der Waals surface area contributed by atoms with Crippen molar-refractivity contribution >= 4 is 44.6 Å². The number of anilines is 3. The van der Waals surface area contributed by atoms with Crippen LogP contribution in [0.3, 0.4) is 0 Å². The molecule has 0 atom stereocenters. The molecular formula is C13H9BrClF3N2O. The van der Waals surface area contributed by atoms with Gasteiger partial charge in [-0.2, -0.15) is 0 Å². The number of rotatable bonds is 3. The van der Waals surface area contributed by atoms with Gasteiger partial charge in [0.1, 0.15) is 0 Å². The Bertz CT molecular complexity index is 664. The van der Waals surface area contributed by atoms with Crippen LogP contribution in [0.5, 0.6) is 5.75 Å². The maximum Gasteiger partial charge on any atom is 0.573 e. The van der Waals surface area contributed by atoms with Gasteiger partial charge in [-0.25, -0.2) is 0 Å². The zero-order valence-corrected chi connectivity index (χ0v) is 12.7. The first-order chi connectivity index (χ1) is 9.74. The predicted molar refractivity (Wildman–Crippen MR) is 80.0 cm³/mol. The number of halogens is 5. The Balaban J connectivity index is 2.35. The van der Waals surface area contributed by atoms with Crippen LogP contribution in [0.4, 0.5) is 30.2 Å². The molecule has 2 aromatic rings. The molecule has 3 nitrogen and oxygen atoms in total. The van der Waals surface area contributed by atoms with E-state index >= 15 is 0 Å². The van der Waals surface area contributed by atoms with Crippen LogP contribution in [0.15, 0.2) is 40.9 Å². The third-order valence-corrected chi connectivity index (χ3v) is 3.18. The van der Waals surface area contributed by atoms with Crippen LogP contribution in [-0.4, -0.2) is 6.36 Å². The summed E-state index contributed by atoms with van der Waals surface area (Å²) in [6, 6.07) is 8.87. The Hall–Kier alpha value is -1.60. The van der Waals surface area contributed by atoms with Gasteiger partial charge in [0.05, 0.1) is 17.1 Å². The minimum absolute atomic E-state index is 0.129. The second-order valence-corrected chi connectivity index (χ2v) is 5.40. The van der Waals surface area contributed by atoms with E-state index in [1.807, 2.05) is 0 Å². The average Bonchev–Trinajstić information content (AvgIpc) is 2.33. The van der Waals surface area contributed by atoms with Crippen molar-refractivity contribution in [3.8, 4) is 5.75 Å². The molecular weight excluding hydrogens is 373 g/mol. The number of ether oxygens (including phenoxy) is 1. The van der Waals surface area contributed by atoms with Crippen LogP contribution in [0.25, 0.3) is 0 Å². The van der Waals surface area contributed by atoms with Gasteiger partial charge in [0.25, 0.3) is 0 Å². The van der Waals surface area contributed by atoms with E-state index in [-0.39, 0.29) is 11.4 Å². The van der Waals surface area contributed by atoms with Gasteiger partial charge in [-0.3, -0.25) is 0 Å². The number of nitrogen functional groups attached to an aromatic ring is 1. The first-order valence-corrected chi connectivity index (χ1v) is 6.79. The molecule has 0 amide bonds. The van der Waals surface area contributed by atoms with Crippen LogP contribution in [-0.2, 0) is 0 Å². The van der Waals surface area contributed by atoms with Crippen molar-refractivity contribution in [3.63, 3.8) is 0 Å². The summed E-state index contributed by atoms with van der Waals surface area (Å²) in [7, 11) is 0. The van der Waals surface area contributed by atoms with Crippen molar-refractivity contribution < 1.29 is 17.9 Å². The molecule has 0 unspecified atom stereocenters. The number of alkyl halides is 3. The van der Waals surface area contributed by atoms with E-state index in [9.17, 15) is 13.2 Å². The van der Waals surface area contributed by atoms with Crippen molar-refractivity contribution in [2.24, 2.45) is 0 Å². The van der Waals surface area contributed by atoms with Crippen molar-refractivity contribution in [2.45, 2.75) is 6.36 Å². The summed E-state index contributed by atoms with van der Waals surface area (Å²) >= 11 is 8.87. The minimum atomic E-state index is -4.79. The Morgan fingerprint density at radius 2 is 1.76 bits per heavy atom. The number of hydrogen-bond acceptors (Lipinski definition) is 3. The maximum absolute atomic E-state index is 12.4. The monoisotopic (exact) mass is 380 g/mol. The van der Waals surface area contributed by atoms with Crippen LogP contribution < -0.4 is 15.8 Å². The van der Waals surface area contributed by atoms with Gasteiger partial charge in [-0.15, -0.1) is 13.2 Å². The Kier molecular flexibility index (Phi) is 4.53. The summed E-state index contributed by atoms with van der Waals surface area (Å²) < 4.78 is 41.7. The average molecular weight is 382 g/mol. The highest BCUT2D eigenvalue weighted by molar-refractivity contribution is 9.10. The van der Waals surface area contributed by atoms with Crippen molar-refractivity contribution in [1.29, 1.82) is 0 Å². The SMILES string of the molecule is Nc1cc(Cl)ccc1Nc1ccc(Br)cc1OC(F)(F)F. The molecule has 3 N–H and O–H groups in total. The summed E-state index contributed by atoms with van der Waals surface area (Å²) in [6.45, 7) is 0. The van der Waals surface area contributed by atoms with Crippen LogP contribution in [0.1, 0.15) is 0 Å². The van der Waals surface area contributed by atoms with E-state index in [1.54, 1.807) is 18.2 Å². The molecule has 8 heteroatoms. The zero-order chi connectivity index (χ0) is 15.6. The van der Waals surface area contributed by atoms with Crippen LogP contribution >= 0.6 is 27.5 Å². The second kappa shape index (κ2) is 6.03. The van der Waals surface area contributed by atoms with E-state index in [0.717, 1.165) is 0 Å².